The van der Waals surface area contributed by atoms with Crippen LogP contribution in [0.2, 0.25) is 0 Å². The monoisotopic (exact) mass is 559 g/mol. The van der Waals surface area contributed by atoms with Crippen LogP contribution in [0.15, 0.2) is 52.9 Å². The van der Waals surface area contributed by atoms with Crippen LogP contribution < -0.4 is 19.7 Å². The number of carbonyl (C=O) groups is 3. The van der Waals surface area contributed by atoms with Crippen molar-refractivity contribution in [1.29, 1.82) is 0 Å². The van der Waals surface area contributed by atoms with Gasteiger partial charge in [-0.1, -0.05) is 17.3 Å². The van der Waals surface area contributed by atoms with Crippen LogP contribution in [-0.4, -0.2) is 58.6 Å². The number of ether oxygens (including phenoxy) is 3. The Bertz CT molecular complexity index is 1620. The summed E-state index contributed by atoms with van der Waals surface area (Å²) in [5.41, 5.74) is 1.63. The van der Waals surface area contributed by atoms with E-state index >= 15 is 0 Å². The maximum atomic E-state index is 14.3. The summed E-state index contributed by atoms with van der Waals surface area (Å²) in [7, 11) is 0. The van der Waals surface area contributed by atoms with Crippen molar-refractivity contribution in [3.05, 3.63) is 65.6 Å². The Kier molecular flexibility index (Phi) is 7.14. The van der Waals surface area contributed by atoms with Crippen molar-refractivity contribution in [3.63, 3.8) is 0 Å². The maximum Gasteiger partial charge on any atom is 0.251 e. The Morgan fingerprint density at radius 3 is 2.66 bits per heavy atom. The van der Waals surface area contributed by atoms with E-state index in [2.05, 4.69) is 15.6 Å². The molecule has 41 heavy (non-hydrogen) atoms. The normalized spacial score (nSPS) is 16.6. The highest BCUT2D eigenvalue weighted by Crippen LogP contribution is 2.41. The molecule has 0 aliphatic carbocycles. The average Bonchev–Trinajstić information content (AvgIpc) is 3.78. The van der Waals surface area contributed by atoms with E-state index in [1.54, 1.807) is 37.3 Å². The number of aryl methyl sites for hydroxylation is 1. The molecule has 0 bridgehead atoms. The second-order valence-electron chi connectivity index (χ2n) is 10.0. The number of benzene rings is 2. The van der Waals surface area contributed by atoms with Gasteiger partial charge in [-0.2, -0.15) is 0 Å². The van der Waals surface area contributed by atoms with Crippen molar-refractivity contribution < 1.29 is 33.0 Å². The quantitative estimate of drug-likeness (QED) is 0.306. The summed E-state index contributed by atoms with van der Waals surface area (Å²) in [6.07, 6.45) is 1.61. The summed E-state index contributed by atoms with van der Waals surface area (Å²) in [6.45, 7) is 3.75. The lowest BCUT2D eigenvalue weighted by Gasteiger charge is -2.31. The molecular weight excluding hydrogens is 530 g/mol. The third kappa shape index (κ3) is 5.25. The van der Waals surface area contributed by atoms with Crippen LogP contribution in [-0.2, 0) is 20.9 Å². The van der Waals surface area contributed by atoms with E-state index < -0.39 is 17.9 Å². The highest BCUT2D eigenvalue weighted by molar-refractivity contribution is 6.08. The molecule has 2 aliphatic rings. The van der Waals surface area contributed by atoms with Gasteiger partial charge in [0.05, 0.1) is 17.3 Å². The lowest BCUT2D eigenvalue weighted by Crippen LogP contribution is -2.47. The zero-order valence-corrected chi connectivity index (χ0v) is 22.7. The minimum atomic E-state index is -1.26. The van der Waals surface area contributed by atoms with E-state index in [4.69, 9.17) is 18.6 Å². The molecule has 2 amide bonds. The molecule has 1 saturated heterocycles. The molecule has 12 heteroatoms. The summed E-state index contributed by atoms with van der Waals surface area (Å²) in [4.78, 5) is 42.5. The fraction of sp³-hybridized carbons (Fsp3) is 0.345. The van der Waals surface area contributed by atoms with Crippen LogP contribution in [0.1, 0.15) is 47.7 Å². The Balaban J connectivity index is 1.46. The number of rotatable bonds is 9. The van der Waals surface area contributed by atoms with Gasteiger partial charge < -0.3 is 23.9 Å². The number of anilines is 1. The first-order valence-corrected chi connectivity index (χ1v) is 13.4. The van der Waals surface area contributed by atoms with E-state index in [0.717, 1.165) is 12.8 Å². The van der Waals surface area contributed by atoms with Crippen molar-refractivity contribution in [2.45, 2.75) is 45.4 Å². The molecular formula is C29H29N5O7. The number of ketones is 1. The number of para-hydroxylation sites is 1. The molecule has 12 nitrogen and oxygen atoms in total. The molecule has 2 aliphatic heterocycles. The molecule has 0 unspecified atom stereocenters. The highest BCUT2D eigenvalue weighted by Gasteiger charge is 2.38. The number of amides is 2. The molecule has 0 spiro atoms. The standard InChI is InChI=1S/C29H29N5O7/c1-17-9-10-24(41-17)28(29(37)30-14-19-6-5-11-38-19)34(23-13-26-25(39-16-40-26)12-20(23)18(2)35)27(36)15-33-22-8-4-3-7-21(22)31-32-33/h3-4,7-10,12-13,19,28H,5-6,11,14-16H2,1-2H3,(H,30,37)/t19-,28+/m0/s1. The molecule has 212 valence electrons. The van der Waals surface area contributed by atoms with Gasteiger partial charge in [0.25, 0.3) is 5.91 Å². The molecule has 2 aromatic carbocycles. The van der Waals surface area contributed by atoms with Crippen LogP contribution >= 0.6 is 0 Å². The number of carbonyl (C=O) groups excluding carboxylic acids is 3. The Morgan fingerprint density at radius 2 is 1.93 bits per heavy atom. The van der Waals surface area contributed by atoms with Gasteiger partial charge in [-0.15, -0.1) is 5.10 Å². The Hall–Kier alpha value is -4.71. The molecule has 4 aromatic rings. The first-order valence-electron chi connectivity index (χ1n) is 13.4. The van der Waals surface area contributed by atoms with Gasteiger partial charge >= 0.3 is 0 Å². The number of nitrogens with zero attached hydrogens (tertiary/aromatic N) is 4. The minimum Gasteiger partial charge on any atom is -0.464 e. The number of hydrogen-bond donors (Lipinski definition) is 1. The van der Waals surface area contributed by atoms with Gasteiger partial charge in [0.2, 0.25) is 12.7 Å². The second-order valence-corrected chi connectivity index (χ2v) is 10.0. The lowest BCUT2D eigenvalue weighted by atomic mass is 10.0. The molecule has 0 saturated carbocycles. The van der Waals surface area contributed by atoms with Crippen molar-refractivity contribution in [3.8, 4) is 11.5 Å². The first kappa shape index (κ1) is 26.5. The Morgan fingerprint density at radius 1 is 1.12 bits per heavy atom. The zero-order valence-electron chi connectivity index (χ0n) is 22.7. The number of Topliss-reactive ketones (excluding diaryl/α,β-unsaturated/α-hetero) is 1. The summed E-state index contributed by atoms with van der Waals surface area (Å²) >= 11 is 0. The fourth-order valence-corrected chi connectivity index (χ4v) is 5.16. The summed E-state index contributed by atoms with van der Waals surface area (Å²) in [5, 5.41) is 11.2. The molecule has 4 heterocycles. The van der Waals surface area contributed by atoms with Gasteiger partial charge in [-0.25, -0.2) is 4.68 Å². The third-order valence-electron chi connectivity index (χ3n) is 7.17. The van der Waals surface area contributed by atoms with Gasteiger partial charge in [-0.3, -0.25) is 19.3 Å². The van der Waals surface area contributed by atoms with Crippen LogP contribution in [0.5, 0.6) is 11.5 Å². The largest absolute Gasteiger partial charge is 0.464 e. The van der Waals surface area contributed by atoms with Gasteiger partial charge in [0, 0.05) is 24.8 Å². The van der Waals surface area contributed by atoms with Crippen molar-refractivity contribution in [2.24, 2.45) is 0 Å². The summed E-state index contributed by atoms with van der Waals surface area (Å²) in [5.74, 6) is 0.189. The van der Waals surface area contributed by atoms with E-state index in [1.165, 1.54) is 22.6 Å². The van der Waals surface area contributed by atoms with Crippen molar-refractivity contribution in [1.82, 2.24) is 20.3 Å². The lowest BCUT2D eigenvalue weighted by molar-refractivity contribution is -0.127. The average molecular weight is 560 g/mol. The predicted octanol–water partition coefficient (Wildman–Crippen LogP) is 3.33. The summed E-state index contributed by atoms with van der Waals surface area (Å²) < 4.78 is 24.2. The number of furan rings is 1. The van der Waals surface area contributed by atoms with Crippen LogP contribution in [0.25, 0.3) is 11.0 Å². The molecule has 0 radical (unpaired) electrons. The minimum absolute atomic E-state index is 0.0301. The second kappa shape index (κ2) is 11.0. The summed E-state index contributed by atoms with van der Waals surface area (Å²) in [6, 6.07) is 12.4. The Labute approximate surface area is 235 Å². The van der Waals surface area contributed by atoms with E-state index in [0.29, 0.717) is 34.9 Å². The zero-order chi connectivity index (χ0) is 28.5. The first-order chi connectivity index (χ1) is 19.9. The molecule has 2 aromatic heterocycles. The molecule has 2 atom stereocenters. The topological polar surface area (TPSA) is 138 Å². The van der Waals surface area contributed by atoms with Gasteiger partial charge in [0.1, 0.15) is 23.6 Å². The smallest absolute Gasteiger partial charge is 0.251 e. The van der Waals surface area contributed by atoms with Crippen LogP contribution in [0.3, 0.4) is 0 Å². The molecule has 6 rings (SSSR count). The van der Waals surface area contributed by atoms with Gasteiger partial charge in [0.15, 0.2) is 23.3 Å². The highest BCUT2D eigenvalue weighted by atomic mass is 16.7. The van der Waals surface area contributed by atoms with Crippen molar-refractivity contribution >= 4 is 34.3 Å². The number of nitrogens with one attached hydrogen (secondary N) is 1. The van der Waals surface area contributed by atoms with E-state index in [9.17, 15) is 14.4 Å². The molecule has 1 fully saturated rings. The number of hydrogen-bond acceptors (Lipinski definition) is 9. The van der Waals surface area contributed by atoms with Crippen molar-refractivity contribution in [2.75, 3.05) is 24.8 Å². The SMILES string of the molecule is CC(=O)c1cc2c(cc1N(C(=O)Cn1nnc3ccccc31)[C@@H](C(=O)NC[C@@H]1CCCO1)c1ccc(C)o1)OCO2. The number of aromatic nitrogens is 3. The van der Waals surface area contributed by atoms with E-state index in [1.807, 2.05) is 12.1 Å². The fourth-order valence-electron chi connectivity index (χ4n) is 5.16. The maximum absolute atomic E-state index is 14.3. The molecule has 1 N–H and O–H groups in total. The van der Waals surface area contributed by atoms with Crippen LogP contribution in [0.4, 0.5) is 5.69 Å². The van der Waals surface area contributed by atoms with Gasteiger partial charge in [-0.05, 0) is 57.0 Å². The van der Waals surface area contributed by atoms with Crippen LogP contribution in [0, 0.1) is 6.92 Å². The third-order valence-corrected chi connectivity index (χ3v) is 7.17. The predicted molar refractivity (Wildman–Crippen MR) is 146 cm³/mol. The number of fused-ring (bicyclic) bond motifs is 2. The van der Waals surface area contributed by atoms with E-state index in [-0.39, 0.29) is 48.8 Å².